The molecule has 5 rings (SSSR count). The minimum Gasteiger partial charge on any atom is -0.302 e. The molecule has 1 aliphatic rings. The Bertz CT molecular complexity index is 1450. The highest BCUT2D eigenvalue weighted by Gasteiger charge is 2.16. The zero-order valence-corrected chi connectivity index (χ0v) is 22.5. The molecule has 2 aromatic heterocycles. The summed E-state index contributed by atoms with van der Waals surface area (Å²) in [6.45, 7) is 5.50. The lowest BCUT2D eigenvalue weighted by atomic mass is 9.73. The van der Waals surface area contributed by atoms with Gasteiger partial charge in [0.15, 0.2) is 10.3 Å². The van der Waals surface area contributed by atoms with Gasteiger partial charge in [-0.05, 0) is 38.1 Å². The van der Waals surface area contributed by atoms with E-state index in [-0.39, 0.29) is 17.2 Å². The average molecular weight is 531 g/mol. The van der Waals surface area contributed by atoms with Crippen molar-refractivity contribution in [1.82, 2.24) is 19.4 Å². The van der Waals surface area contributed by atoms with Crippen LogP contribution in [-0.4, -0.2) is 58.0 Å². The first kappa shape index (κ1) is 25.7. The number of nitrogens with zero attached hydrogens (tertiary/aromatic N) is 4. The third-order valence-corrected chi connectivity index (χ3v) is 8.25. The number of nitrogens with one attached hydrogen (secondary N) is 1. The lowest BCUT2D eigenvalue weighted by molar-refractivity contribution is -0.113. The van der Waals surface area contributed by atoms with Gasteiger partial charge in [-0.25, -0.2) is 9.97 Å². The fourth-order valence-electron chi connectivity index (χ4n) is 4.51. The molecule has 0 unspecified atom stereocenters. The molecule has 3 heterocycles. The number of rotatable bonds is 9. The minimum atomic E-state index is -0.175. The van der Waals surface area contributed by atoms with E-state index in [9.17, 15) is 9.59 Å². The molecule has 1 aliphatic heterocycles. The van der Waals surface area contributed by atoms with Crippen LogP contribution in [0.5, 0.6) is 0 Å². The van der Waals surface area contributed by atoms with Crippen LogP contribution in [0.2, 0.25) is 6.82 Å². The predicted octanol–water partition coefficient (Wildman–Crippen LogP) is 4.11. The van der Waals surface area contributed by atoms with Crippen molar-refractivity contribution in [2.24, 2.45) is 0 Å². The van der Waals surface area contributed by atoms with Gasteiger partial charge in [0.1, 0.15) is 7.28 Å². The second-order valence-corrected chi connectivity index (χ2v) is 10.9. The van der Waals surface area contributed by atoms with E-state index in [1.54, 1.807) is 4.57 Å². The summed E-state index contributed by atoms with van der Waals surface area (Å²) in [4.78, 5) is 37.9. The third-order valence-electron chi connectivity index (χ3n) is 6.51. The van der Waals surface area contributed by atoms with Crippen LogP contribution in [0.1, 0.15) is 19.3 Å². The molecule has 0 aliphatic carbocycles. The fourth-order valence-corrected chi connectivity index (χ4v) is 6.07. The monoisotopic (exact) mass is 530 g/mol. The molecule has 1 radical (unpaired) electrons. The highest BCUT2D eigenvalue weighted by atomic mass is 32.2. The lowest BCUT2D eigenvalue weighted by Gasteiger charge is -2.26. The molecule has 189 valence electrons. The Balaban J connectivity index is 1.28. The molecular weight excluding hydrogens is 501 g/mol. The number of piperidine rings is 1. The summed E-state index contributed by atoms with van der Waals surface area (Å²) >= 11 is 2.69. The molecule has 37 heavy (non-hydrogen) atoms. The summed E-state index contributed by atoms with van der Waals surface area (Å²) < 4.78 is 1.73. The number of thioether (sulfide) groups is 1. The van der Waals surface area contributed by atoms with E-state index in [4.69, 9.17) is 4.98 Å². The van der Waals surface area contributed by atoms with Gasteiger partial charge in [0.2, 0.25) is 5.91 Å². The number of amides is 1. The lowest BCUT2D eigenvalue weighted by Crippen LogP contribution is -2.35. The summed E-state index contributed by atoms with van der Waals surface area (Å²) in [5.41, 5.74) is 3.57. The quantitative estimate of drug-likeness (QED) is 0.199. The summed E-state index contributed by atoms with van der Waals surface area (Å²) in [6, 6.07) is 15.5. The molecule has 1 saturated heterocycles. The van der Waals surface area contributed by atoms with Gasteiger partial charge in [0.25, 0.3) is 5.56 Å². The molecule has 4 aromatic rings. The Hall–Kier alpha value is -2.95. The number of aromatic nitrogens is 3. The number of carbonyl (C=O) groups is 1. The number of hydrogen-bond donors (Lipinski definition) is 1. The van der Waals surface area contributed by atoms with E-state index >= 15 is 0 Å². The van der Waals surface area contributed by atoms with Crippen molar-refractivity contribution >= 4 is 57.8 Å². The van der Waals surface area contributed by atoms with E-state index in [0.29, 0.717) is 27.7 Å². The minimum absolute atomic E-state index is 0.0540. The summed E-state index contributed by atoms with van der Waals surface area (Å²) in [6.07, 6.45) is 3.68. The van der Waals surface area contributed by atoms with Crippen molar-refractivity contribution < 1.29 is 4.79 Å². The maximum atomic E-state index is 13.3. The zero-order chi connectivity index (χ0) is 25.6. The number of benzene rings is 2. The first-order valence-corrected chi connectivity index (χ1v) is 14.5. The topological polar surface area (TPSA) is 80.1 Å². The number of carbonyl (C=O) groups excluding carboxylic acids is 1. The molecule has 1 N–H and O–H groups in total. The molecule has 1 fully saturated rings. The van der Waals surface area contributed by atoms with Crippen LogP contribution in [0.25, 0.3) is 22.2 Å². The third kappa shape index (κ3) is 6.31. The maximum Gasteiger partial charge on any atom is 0.262 e. The zero-order valence-electron chi connectivity index (χ0n) is 20.9. The molecule has 2 aromatic carbocycles. The number of fused-ring (bicyclic) bond motifs is 1. The van der Waals surface area contributed by atoms with Gasteiger partial charge < -0.3 is 10.2 Å². The summed E-state index contributed by atoms with van der Waals surface area (Å²) in [5.74, 6) is -0.0320. The molecule has 7 nitrogen and oxygen atoms in total. The number of likely N-dealkylation sites (tertiary alicyclic amines) is 1. The van der Waals surface area contributed by atoms with Gasteiger partial charge in [-0.2, -0.15) is 0 Å². The van der Waals surface area contributed by atoms with Crippen LogP contribution in [0.3, 0.4) is 0 Å². The highest BCUT2D eigenvalue weighted by Crippen LogP contribution is 2.25. The molecule has 0 atom stereocenters. The largest absolute Gasteiger partial charge is 0.302 e. The van der Waals surface area contributed by atoms with Gasteiger partial charge in [-0.3, -0.25) is 14.2 Å². The Labute approximate surface area is 225 Å². The summed E-state index contributed by atoms with van der Waals surface area (Å²) in [5, 5.41) is 6.58. The van der Waals surface area contributed by atoms with E-state index in [2.05, 4.69) is 21.3 Å². The number of hydrogen-bond acceptors (Lipinski definition) is 7. The predicted molar refractivity (Wildman–Crippen MR) is 154 cm³/mol. The fraction of sp³-hybridized carbons (Fsp3) is 0.333. The Morgan fingerprint density at radius 3 is 2.76 bits per heavy atom. The number of para-hydroxylation sites is 1. The Morgan fingerprint density at radius 1 is 1.08 bits per heavy atom. The van der Waals surface area contributed by atoms with Crippen LogP contribution < -0.4 is 16.3 Å². The number of thiazole rings is 1. The van der Waals surface area contributed by atoms with Crippen LogP contribution in [-0.2, 0) is 11.3 Å². The van der Waals surface area contributed by atoms with Crippen molar-refractivity contribution in [2.75, 3.05) is 30.7 Å². The summed E-state index contributed by atoms with van der Waals surface area (Å²) in [7, 11) is 2.04. The van der Waals surface area contributed by atoms with Gasteiger partial charge in [0.05, 0.1) is 22.3 Å². The second-order valence-electron chi connectivity index (χ2n) is 9.06. The first-order chi connectivity index (χ1) is 18.1. The standard InChI is InChI=1S/C27H29BN5O2S2/c1-28-20-9-7-8-19(16-20)23-17-36-26(29-23)31-24(34)18-37-27-30-22-11-4-3-10-21(22)25(35)33(27)15-14-32-12-5-2-6-13-32/h3-4,7-11,16-17H,2,5-6,12-15,18H2,1H3,(H,29,31,34). The molecule has 0 saturated carbocycles. The van der Waals surface area contributed by atoms with Gasteiger partial charge >= 0.3 is 0 Å². The van der Waals surface area contributed by atoms with Crippen molar-refractivity contribution in [3.05, 3.63) is 64.3 Å². The molecule has 0 bridgehead atoms. The van der Waals surface area contributed by atoms with Crippen molar-refractivity contribution in [1.29, 1.82) is 0 Å². The normalized spacial score (nSPS) is 14.1. The highest BCUT2D eigenvalue weighted by molar-refractivity contribution is 7.99. The van der Waals surface area contributed by atoms with E-state index in [1.165, 1.54) is 42.4 Å². The van der Waals surface area contributed by atoms with Crippen molar-refractivity contribution in [3.8, 4) is 11.3 Å². The van der Waals surface area contributed by atoms with Gasteiger partial charge in [0, 0.05) is 24.0 Å². The van der Waals surface area contributed by atoms with Gasteiger partial charge in [-0.15, -0.1) is 11.3 Å². The molecular formula is C27H29BN5O2S2. The maximum absolute atomic E-state index is 13.3. The average Bonchev–Trinajstić information content (AvgIpc) is 3.40. The molecule has 1 amide bonds. The van der Waals surface area contributed by atoms with Crippen LogP contribution in [0.4, 0.5) is 5.13 Å². The van der Waals surface area contributed by atoms with E-state index < -0.39 is 0 Å². The first-order valence-electron chi connectivity index (χ1n) is 12.6. The Morgan fingerprint density at radius 2 is 1.92 bits per heavy atom. The van der Waals surface area contributed by atoms with Crippen LogP contribution in [0.15, 0.2) is 63.9 Å². The van der Waals surface area contributed by atoms with Crippen molar-refractivity contribution in [2.45, 2.75) is 37.8 Å². The smallest absolute Gasteiger partial charge is 0.262 e. The van der Waals surface area contributed by atoms with Crippen LogP contribution >= 0.6 is 23.1 Å². The SMILES string of the molecule is C[B]c1cccc(-c2csc(NC(=O)CSc3nc4ccccc4c(=O)n3CCN3CCCCC3)n2)c1. The van der Waals surface area contributed by atoms with E-state index in [1.807, 2.05) is 61.9 Å². The van der Waals surface area contributed by atoms with Crippen LogP contribution in [0, 0.1) is 0 Å². The van der Waals surface area contributed by atoms with E-state index in [0.717, 1.165) is 36.4 Å². The Kier molecular flexibility index (Phi) is 8.38. The van der Waals surface area contributed by atoms with Crippen molar-refractivity contribution in [3.63, 3.8) is 0 Å². The molecule has 0 spiro atoms. The van der Waals surface area contributed by atoms with Gasteiger partial charge in [-0.1, -0.05) is 66.9 Å². The second kappa shape index (κ2) is 12.1. The molecule has 10 heteroatoms. The number of anilines is 1.